The van der Waals surface area contributed by atoms with Crippen LogP contribution in [0.4, 0.5) is 10.5 Å². The molecule has 0 atom stereocenters. The van der Waals surface area contributed by atoms with Crippen LogP contribution in [0, 0.1) is 13.8 Å². The largest absolute Gasteiger partial charge is 0.374 e. The number of hydrogen-bond donors (Lipinski definition) is 1. The van der Waals surface area contributed by atoms with E-state index in [2.05, 4.69) is 26.1 Å². The number of barbiturate groups is 1. The number of nitrogens with one attached hydrogen (secondary N) is 1. The minimum atomic E-state index is -0.722. The van der Waals surface area contributed by atoms with Gasteiger partial charge in [0.05, 0.1) is 5.69 Å². The molecule has 26 heavy (non-hydrogen) atoms. The average molecular weight is 421 g/mol. The Hall–Kier alpha value is -2.19. The fourth-order valence-corrected chi connectivity index (χ4v) is 3.44. The van der Waals surface area contributed by atoms with E-state index in [-0.39, 0.29) is 5.57 Å². The highest BCUT2D eigenvalue weighted by atomic mass is 79.9. The van der Waals surface area contributed by atoms with Crippen LogP contribution >= 0.6 is 15.9 Å². The molecule has 3 rings (SSSR count). The summed E-state index contributed by atoms with van der Waals surface area (Å²) in [5.41, 5.74) is 2.19. The number of hydrogen-bond acceptors (Lipinski definition) is 5. The van der Waals surface area contributed by atoms with Gasteiger partial charge < -0.3 is 9.80 Å². The van der Waals surface area contributed by atoms with Crippen LogP contribution in [0.2, 0.25) is 0 Å². The number of urea groups is 1. The van der Waals surface area contributed by atoms with E-state index >= 15 is 0 Å². The summed E-state index contributed by atoms with van der Waals surface area (Å²) in [6.45, 7) is 6.91. The summed E-state index contributed by atoms with van der Waals surface area (Å²) in [6.07, 6.45) is 1.57. The fraction of sp³-hybridized carbons (Fsp3) is 0.389. The highest BCUT2D eigenvalue weighted by molar-refractivity contribution is 9.10. The van der Waals surface area contributed by atoms with Gasteiger partial charge in [0, 0.05) is 36.9 Å². The van der Waals surface area contributed by atoms with Gasteiger partial charge in [-0.05, 0) is 44.2 Å². The molecule has 7 nitrogen and oxygen atoms in total. The smallest absolute Gasteiger partial charge is 0.335 e. The molecule has 2 aliphatic rings. The lowest BCUT2D eigenvalue weighted by Gasteiger charge is -2.33. The quantitative estimate of drug-likeness (QED) is 0.582. The van der Waals surface area contributed by atoms with Crippen LogP contribution in [0.5, 0.6) is 0 Å². The molecule has 1 aromatic carbocycles. The third kappa shape index (κ3) is 3.39. The molecule has 1 aromatic rings. The number of halogens is 1. The van der Waals surface area contributed by atoms with Crippen molar-refractivity contribution in [2.75, 3.05) is 38.1 Å². The Bertz CT molecular complexity index is 813. The summed E-state index contributed by atoms with van der Waals surface area (Å²) in [5, 5.41) is 2.28. The number of piperazine rings is 1. The molecule has 8 heteroatoms. The third-order valence-corrected chi connectivity index (χ3v) is 5.74. The van der Waals surface area contributed by atoms with Gasteiger partial charge in [0.15, 0.2) is 0 Å². The standard InChI is InChI=1S/C18H21BrN4O3/c1-11-12(2)15(5-4-14(11)19)23-17(25)13(16(24)20-18(23)26)10-22-8-6-21(3)7-9-22/h4-5,10H,6-9H2,1-3H3,(H,20,24,26)/b13-10+. The van der Waals surface area contributed by atoms with E-state index in [4.69, 9.17) is 0 Å². The summed E-state index contributed by atoms with van der Waals surface area (Å²) in [4.78, 5) is 42.7. The maximum atomic E-state index is 13.0. The summed E-state index contributed by atoms with van der Waals surface area (Å²) < 4.78 is 0.896. The van der Waals surface area contributed by atoms with Crippen molar-refractivity contribution in [2.45, 2.75) is 13.8 Å². The molecular formula is C18H21BrN4O3. The Morgan fingerprint density at radius 3 is 2.35 bits per heavy atom. The summed E-state index contributed by atoms with van der Waals surface area (Å²) in [7, 11) is 2.03. The van der Waals surface area contributed by atoms with Crippen molar-refractivity contribution in [3.05, 3.63) is 39.5 Å². The normalized spacial score (nSPS) is 20.8. The molecule has 0 unspecified atom stereocenters. The van der Waals surface area contributed by atoms with Crippen LogP contribution in [0.25, 0.3) is 0 Å². The highest BCUT2D eigenvalue weighted by Crippen LogP contribution is 2.30. The van der Waals surface area contributed by atoms with Crippen molar-refractivity contribution >= 4 is 39.5 Å². The fourth-order valence-electron chi connectivity index (χ4n) is 3.01. The minimum Gasteiger partial charge on any atom is -0.374 e. The van der Waals surface area contributed by atoms with Gasteiger partial charge >= 0.3 is 6.03 Å². The number of carbonyl (C=O) groups excluding carboxylic acids is 3. The molecule has 2 aliphatic heterocycles. The van der Waals surface area contributed by atoms with Crippen molar-refractivity contribution in [3.63, 3.8) is 0 Å². The van der Waals surface area contributed by atoms with Gasteiger partial charge in [0.25, 0.3) is 11.8 Å². The van der Waals surface area contributed by atoms with E-state index in [1.165, 1.54) is 0 Å². The van der Waals surface area contributed by atoms with Crippen LogP contribution in [0.3, 0.4) is 0 Å². The van der Waals surface area contributed by atoms with E-state index in [1.807, 2.05) is 25.8 Å². The second-order valence-corrected chi connectivity index (χ2v) is 7.45. The molecule has 0 spiro atoms. The molecule has 2 saturated heterocycles. The van der Waals surface area contributed by atoms with Crippen molar-refractivity contribution in [1.29, 1.82) is 0 Å². The number of amides is 4. The second kappa shape index (κ2) is 7.20. The van der Waals surface area contributed by atoms with Crippen LogP contribution in [-0.2, 0) is 9.59 Å². The zero-order valence-corrected chi connectivity index (χ0v) is 16.6. The zero-order valence-electron chi connectivity index (χ0n) is 15.0. The molecule has 2 fully saturated rings. The zero-order chi connectivity index (χ0) is 19.0. The number of nitrogens with zero attached hydrogens (tertiary/aromatic N) is 3. The lowest BCUT2D eigenvalue weighted by atomic mass is 10.1. The van der Waals surface area contributed by atoms with Crippen molar-refractivity contribution in [2.24, 2.45) is 0 Å². The average Bonchev–Trinajstić information content (AvgIpc) is 2.60. The number of likely N-dealkylation sites (N-methyl/N-ethyl adjacent to an activating group) is 1. The maximum absolute atomic E-state index is 13.0. The van der Waals surface area contributed by atoms with E-state index in [9.17, 15) is 14.4 Å². The maximum Gasteiger partial charge on any atom is 0.335 e. The molecular weight excluding hydrogens is 400 g/mol. The molecule has 0 radical (unpaired) electrons. The lowest BCUT2D eigenvalue weighted by molar-refractivity contribution is -0.122. The number of anilines is 1. The lowest BCUT2D eigenvalue weighted by Crippen LogP contribution is -2.55. The number of carbonyl (C=O) groups is 3. The molecule has 0 bridgehead atoms. The minimum absolute atomic E-state index is 0.0193. The number of imide groups is 2. The van der Waals surface area contributed by atoms with Crippen molar-refractivity contribution < 1.29 is 14.4 Å². The van der Waals surface area contributed by atoms with Gasteiger partial charge in [-0.15, -0.1) is 0 Å². The third-order valence-electron chi connectivity index (χ3n) is 4.88. The molecule has 1 N–H and O–H groups in total. The van der Waals surface area contributed by atoms with Gasteiger partial charge in [-0.2, -0.15) is 0 Å². The molecule has 0 aliphatic carbocycles. The van der Waals surface area contributed by atoms with Crippen molar-refractivity contribution in [1.82, 2.24) is 15.1 Å². The Labute approximate surface area is 160 Å². The van der Waals surface area contributed by atoms with Crippen LogP contribution < -0.4 is 10.2 Å². The molecule has 4 amide bonds. The predicted molar refractivity (Wildman–Crippen MR) is 102 cm³/mol. The summed E-state index contributed by atoms with van der Waals surface area (Å²) >= 11 is 3.45. The molecule has 0 saturated carbocycles. The first-order chi connectivity index (χ1) is 12.3. The van der Waals surface area contributed by atoms with E-state index < -0.39 is 17.8 Å². The van der Waals surface area contributed by atoms with Gasteiger partial charge in [-0.25, -0.2) is 9.69 Å². The first-order valence-corrected chi connectivity index (χ1v) is 9.18. The SMILES string of the molecule is Cc1c(Br)ccc(N2C(=O)NC(=O)/C(=C\N3CCN(C)CC3)C2=O)c1C. The van der Waals surface area contributed by atoms with Gasteiger partial charge in [-0.3, -0.25) is 14.9 Å². The van der Waals surface area contributed by atoms with Crippen LogP contribution in [-0.4, -0.2) is 60.9 Å². The second-order valence-electron chi connectivity index (χ2n) is 6.60. The van der Waals surface area contributed by atoms with E-state index in [0.29, 0.717) is 5.69 Å². The monoisotopic (exact) mass is 420 g/mol. The Morgan fingerprint density at radius 1 is 1.04 bits per heavy atom. The summed E-state index contributed by atoms with van der Waals surface area (Å²) in [6, 6.07) is 2.77. The first kappa shape index (κ1) is 18.6. The summed E-state index contributed by atoms with van der Waals surface area (Å²) in [5.74, 6) is -1.25. The number of rotatable bonds is 2. The Kier molecular flexibility index (Phi) is 5.15. The first-order valence-electron chi connectivity index (χ1n) is 8.39. The highest BCUT2D eigenvalue weighted by Gasteiger charge is 2.38. The van der Waals surface area contributed by atoms with E-state index in [1.54, 1.807) is 18.3 Å². The molecule has 0 aromatic heterocycles. The van der Waals surface area contributed by atoms with E-state index in [0.717, 1.165) is 46.7 Å². The van der Waals surface area contributed by atoms with Crippen molar-refractivity contribution in [3.8, 4) is 0 Å². The Morgan fingerprint density at radius 2 is 1.69 bits per heavy atom. The van der Waals surface area contributed by atoms with Crippen LogP contribution in [0.1, 0.15) is 11.1 Å². The Balaban J connectivity index is 1.95. The predicted octanol–water partition coefficient (Wildman–Crippen LogP) is 1.78. The van der Waals surface area contributed by atoms with Crippen LogP contribution in [0.15, 0.2) is 28.4 Å². The topological polar surface area (TPSA) is 73.0 Å². The number of benzene rings is 1. The van der Waals surface area contributed by atoms with Gasteiger partial charge in [0.1, 0.15) is 5.57 Å². The molecule has 2 heterocycles. The van der Waals surface area contributed by atoms with Gasteiger partial charge in [0.2, 0.25) is 0 Å². The van der Waals surface area contributed by atoms with Gasteiger partial charge in [-0.1, -0.05) is 15.9 Å². The molecule has 138 valence electrons.